The minimum atomic E-state index is -1.17. The van der Waals surface area contributed by atoms with Crippen molar-refractivity contribution in [2.75, 3.05) is 13.2 Å². The largest absolute Gasteiger partial charge is 0.480 e. The molecule has 1 N–H and O–H groups in total. The van der Waals surface area contributed by atoms with E-state index >= 15 is 0 Å². The van der Waals surface area contributed by atoms with Gasteiger partial charge < -0.3 is 14.7 Å². The van der Waals surface area contributed by atoms with Gasteiger partial charge in [-0.3, -0.25) is 9.59 Å². The maximum Gasteiger partial charge on any atom is 0.328 e. The third kappa shape index (κ3) is 3.42. The Bertz CT molecular complexity index is 514. The van der Waals surface area contributed by atoms with Gasteiger partial charge in [0.25, 0.3) is 0 Å². The van der Waals surface area contributed by atoms with Crippen LogP contribution in [0, 0.1) is 0 Å². The van der Waals surface area contributed by atoms with Gasteiger partial charge in [-0.05, 0) is 5.56 Å². The number of aliphatic carboxylic acids is 1. The highest BCUT2D eigenvalue weighted by molar-refractivity contribution is 6.06. The summed E-state index contributed by atoms with van der Waals surface area (Å²) in [5, 5.41) is 9.15. The molecule has 0 aliphatic carbocycles. The van der Waals surface area contributed by atoms with E-state index in [0.29, 0.717) is 0 Å². The SMILES string of the molecule is O=C1CC(=O)N([C@@H](COCc2ccccc2)C(=O)O)C1. The minimum Gasteiger partial charge on any atom is -0.480 e. The van der Waals surface area contributed by atoms with E-state index in [2.05, 4.69) is 0 Å². The standard InChI is InChI=1S/C14H15NO5/c16-11-6-13(17)15(7-11)12(14(18)19)9-20-8-10-4-2-1-3-5-10/h1-5,12H,6-9H2,(H,18,19)/t12-/m0/s1. The first-order chi connectivity index (χ1) is 9.58. The zero-order valence-corrected chi connectivity index (χ0v) is 10.8. The van der Waals surface area contributed by atoms with E-state index in [1.54, 1.807) is 0 Å². The Morgan fingerprint density at radius 2 is 2.00 bits per heavy atom. The van der Waals surface area contributed by atoms with Gasteiger partial charge in [0.2, 0.25) is 5.91 Å². The van der Waals surface area contributed by atoms with E-state index in [4.69, 9.17) is 9.84 Å². The fourth-order valence-electron chi connectivity index (χ4n) is 2.05. The topological polar surface area (TPSA) is 83.9 Å². The van der Waals surface area contributed by atoms with Gasteiger partial charge in [-0.2, -0.15) is 0 Å². The number of rotatable bonds is 6. The van der Waals surface area contributed by atoms with Crippen LogP contribution in [0.25, 0.3) is 0 Å². The first kappa shape index (κ1) is 14.2. The van der Waals surface area contributed by atoms with Gasteiger partial charge >= 0.3 is 5.97 Å². The van der Waals surface area contributed by atoms with E-state index in [9.17, 15) is 14.4 Å². The van der Waals surface area contributed by atoms with Gasteiger partial charge in [-0.15, -0.1) is 0 Å². The predicted molar refractivity (Wildman–Crippen MR) is 68.9 cm³/mol. The van der Waals surface area contributed by atoms with Gasteiger partial charge in [-0.1, -0.05) is 30.3 Å². The lowest BCUT2D eigenvalue weighted by Crippen LogP contribution is -2.45. The summed E-state index contributed by atoms with van der Waals surface area (Å²) in [6.45, 7) is -0.0195. The second-order valence-electron chi connectivity index (χ2n) is 4.59. The Morgan fingerprint density at radius 3 is 2.55 bits per heavy atom. The molecule has 1 amide bonds. The van der Waals surface area contributed by atoms with Crippen molar-refractivity contribution in [2.45, 2.75) is 19.1 Å². The molecular formula is C14H15NO5. The van der Waals surface area contributed by atoms with Crippen LogP contribution in [0.3, 0.4) is 0 Å². The van der Waals surface area contributed by atoms with Crippen molar-refractivity contribution < 1.29 is 24.2 Å². The van der Waals surface area contributed by atoms with E-state index < -0.39 is 17.9 Å². The molecular weight excluding hydrogens is 262 g/mol. The molecule has 1 saturated heterocycles. The third-order valence-corrected chi connectivity index (χ3v) is 3.06. The van der Waals surface area contributed by atoms with Gasteiger partial charge in [0, 0.05) is 0 Å². The summed E-state index contributed by atoms with van der Waals surface area (Å²) < 4.78 is 5.35. The molecule has 1 aromatic carbocycles. The van der Waals surface area contributed by atoms with Crippen molar-refractivity contribution >= 4 is 17.7 Å². The Kier molecular flexibility index (Phi) is 4.47. The first-order valence-corrected chi connectivity index (χ1v) is 6.23. The number of hydrogen-bond donors (Lipinski definition) is 1. The quantitative estimate of drug-likeness (QED) is 0.764. The maximum absolute atomic E-state index is 11.5. The van der Waals surface area contributed by atoms with Crippen LogP contribution >= 0.6 is 0 Å². The molecule has 1 aliphatic rings. The van der Waals surface area contributed by atoms with Crippen LogP contribution in [-0.2, 0) is 25.7 Å². The van der Waals surface area contributed by atoms with E-state index in [1.165, 1.54) is 0 Å². The number of ketones is 1. The highest BCUT2D eigenvalue weighted by Crippen LogP contribution is 2.12. The Labute approximate surface area is 115 Å². The molecule has 1 heterocycles. The molecule has 20 heavy (non-hydrogen) atoms. The zero-order chi connectivity index (χ0) is 14.5. The van der Waals surface area contributed by atoms with Gasteiger partial charge in [0.15, 0.2) is 11.8 Å². The molecule has 0 unspecified atom stereocenters. The number of Topliss-reactive ketones (excluding diaryl/α,β-unsaturated/α-hetero) is 1. The average molecular weight is 277 g/mol. The number of hydrogen-bond acceptors (Lipinski definition) is 4. The van der Waals surface area contributed by atoms with E-state index in [0.717, 1.165) is 10.5 Å². The first-order valence-electron chi connectivity index (χ1n) is 6.23. The summed E-state index contributed by atoms with van der Waals surface area (Å²) in [5.41, 5.74) is 0.917. The summed E-state index contributed by atoms with van der Waals surface area (Å²) in [6.07, 6.45) is -0.220. The lowest BCUT2D eigenvalue weighted by atomic mass is 10.2. The van der Waals surface area contributed by atoms with Crippen LogP contribution < -0.4 is 0 Å². The van der Waals surface area contributed by atoms with Crippen LogP contribution in [-0.4, -0.2) is 46.9 Å². The molecule has 0 radical (unpaired) electrons. The third-order valence-electron chi connectivity index (χ3n) is 3.06. The van der Waals surface area contributed by atoms with Crippen molar-refractivity contribution in [1.29, 1.82) is 0 Å². The zero-order valence-electron chi connectivity index (χ0n) is 10.8. The second kappa shape index (κ2) is 6.29. The number of amides is 1. The molecule has 6 nitrogen and oxygen atoms in total. The minimum absolute atomic E-state index is 0.136. The molecule has 1 aliphatic heterocycles. The number of carboxylic acids is 1. The fraction of sp³-hybridized carbons (Fsp3) is 0.357. The average Bonchev–Trinajstić information content (AvgIpc) is 2.74. The summed E-state index contributed by atoms with van der Waals surface area (Å²) in [6, 6.07) is 8.20. The van der Waals surface area contributed by atoms with Crippen molar-refractivity contribution in [3.05, 3.63) is 35.9 Å². The number of likely N-dealkylation sites (tertiary alicyclic amines) is 1. The van der Waals surface area contributed by atoms with E-state index in [-0.39, 0.29) is 32.0 Å². The van der Waals surface area contributed by atoms with Gasteiger partial charge in [0.05, 0.1) is 26.2 Å². The van der Waals surface area contributed by atoms with Gasteiger partial charge in [0.1, 0.15) is 0 Å². The number of benzene rings is 1. The molecule has 1 aromatic rings. The van der Waals surface area contributed by atoms with Crippen LogP contribution in [0.15, 0.2) is 30.3 Å². The van der Waals surface area contributed by atoms with E-state index in [1.807, 2.05) is 30.3 Å². The normalized spacial score (nSPS) is 16.5. The number of carbonyl (C=O) groups is 3. The Hall–Kier alpha value is -2.21. The Balaban J connectivity index is 1.92. The Morgan fingerprint density at radius 1 is 1.30 bits per heavy atom. The molecule has 6 heteroatoms. The number of carbonyl (C=O) groups excluding carboxylic acids is 2. The van der Waals surface area contributed by atoms with Crippen LogP contribution in [0.5, 0.6) is 0 Å². The van der Waals surface area contributed by atoms with Crippen molar-refractivity contribution in [3.8, 4) is 0 Å². The molecule has 2 rings (SSSR count). The van der Waals surface area contributed by atoms with Crippen molar-refractivity contribution in [2.24, 2.45) is 0 Å². The molecule has 106 valence electrons. The molecule has 0 spiro atoms. The lowest BCUT2D eigenvalue weighted by Gasteiger charge is -2.23. The van der Waals surface area contributed by atoms with Gasteiger partial charge in [-0.25, -0.2) is 4.79 Å². The maximum atomic E-state index is 11.5. The molecule has 0 bridgehead atoms. The summed E-state index contributed by atoms with van der Waals surface area (Å²) in [4.78, 5) is 35.0. The summed E-state index contributed by atoms with van der Waals surface area (Å²) >= 11 is 0. The second-order valence-corrected chi connectivity index (χ2v) is 4.59. The highest BCUT2D eigenvalue weighted by Gasteiger charge is 2.36. The predicted octanol–water partition coefficient (Wildman–Crippen LogP) is 0.458. The number of nitrogens with zero attached hydrogens (tertiary/aromatic N) is 1. The molecule has 1 atom stereocenters. The molecule has 0 aromatic heterocycles. The summed E-state index contributed by atoms with van der Waals surface area (Å²) in [7, 11) is 0. The van der Waals surface area contributed by atoms with Crippen molar-refractivity contribution in [3.63, 3.8) is 0 Å². The van der Waals surface area contributed by atoms with Crippen molar-refractivity contribution in [1.82, 2.24) is 4.90 Å². The van der Waals surface area contributed by atoms with Crippen LogP contribution in [0.1, 0.15) is 12.0 Å². The fourth-order valence-corrected chi connectivity index (χ4v) is 2.05. The summed E-state index contributed by atoms with van der Waals surface area (Å²) in [5.74, 6) is -1.88. The highest BCUT2D eigenvalue weighted by atomic mass is 16.5. The van der Waals surface area contributed by atoms with Crippen LogP contribution in [0.4, 0.5) is 0 Å². The number of carboxylic acid groups (broad SMARTS) is 1. The lowest BCUT2D eigenvalue weighted by molar-refractivity contribution is -0.151. The molecule has 1 fully saturated rings. The monoisotopic (exact) mass is 277 g/mol. The smallest absolute Gasteiger partial charge is 0.328 e. The molecule has 0 saturated carbocycles. The number of ether oxygens (including phenoxy) is 1. The van der Waals surface area contributed by atoms with Crippen LogP contribution in [0.2, 0.25) is 0 Å².